The number of carbonyl (C=O) groups excluding carboxylic acids is 2. The third-order valence-electron chi connectivity index (χ3n) is 3.80. The molecule has 1 fully saturated rings. The third-order valence-corrected chi connectivity index (χ3v) is 4.80. The van der Waals surface area contributed by atoms with Gasteiger partial charge in [-0.15, -0.1) is 24.2 Å². The minimum atomic E-state index is -0.377. The Balaban J connectivity index is 1.91. The van der Waals surface area contributed by atoms with Crippen LogP contribution in [0, 0.1) is 24.7 Å². The summed E-state index contributed by atoms with van der Waals surface area (Å²) >= 11 is 1.47. The minimum Gasteiger partial charge on any atom is -0.436 e. The van der Waals surface area contributed by atoms with Crippen LogP contribution >= 0.6 is 11.3 Å². The smallest absolute Gasteiger partial charge is 0.410 e. The number of nitrogens with zero attached hydrogens (tertiary/aromatic N) is 3. The van der Waals surface area contributed by atoms with E-state index in [2.05, 4.69) is 16.8 Å². The summed E-state index contributed by atoms with van der Waals surface area (Å²) in [4.78, 5) is 31.5. The van der Waals surface area contributed by atoms with Gasteiger partial charge < -0.3 is 14.5 Å². The molecule has 2 amide bonds. The first-order valence-corrected chi connectivity index (χ1v) is 8.44. The Morgan fingerprint density at radius 3 is 2.75 bits per heavy atom. The normalized spacial score (nSPS) is 14.5. The molecule has 0 N–H and O–H groups in total. The zero-order valence-electron chi connectivity index (χ0n) is 13.5. The molecular formula is C17H19N3O3S. The molecule has 0 saturated carbocycles. The molecule has 1 aromatic rings. The van der Waals surface area contributed by atoms with E-state index in [0.29, 0.717) is 18.8 Å². The van der Waals surface area contributed by atoms with Crippen LogP contribution in [0.25, 0.3) is 0 Å². The number of ether oxygens (including phenoxy) is 1. The summed E-state index contributed by atoms with van der Waals surface area (Å²) in [5.41, 5.74) is 0.420. The maximum absolute atomic E-state index is 12.2. The fourth-order valence-electron chi connectivity index (χ4n) is 2.48. The van der Waals surface area contributed by atoms with Crippen molar-refractivity contribution < 1.29 is 14.3 Å². The first-order valence-electron chi connectivity index (χ1n) is 7.56. The molecule has 2 heterocycles. The second-order valence-electron chi connectivity index (χ2n) is 5.46. The van der Waals surface area contributed by atoms with Gasteiger partial charge in [-0.25, -0.2) is 9.78 Å². The molecule has 6 nitrogen and oxygen atoms in total. The van der Waals surface area contributed by atoms with Crippen molar-refractivity contribution in [3.05, 3.63) is 16.1 Å². The Morgan fingerprint density at radius 2 is 2.12 bits per heavy atom. The van der Waals surface area contributed by atoms with Crippen molar-refractivity contribution in [3.8, 4) is 24.7 Å². The summed E-state index contributed by atoms with van der Waals surface area (Å²) in [6, 6.07) is 0. The fourth-order valence-corrected chi connectivity index (χ4v) is 3.45. The van der Waals surface area contributed by atoms with Gasteiger partial charge in [-0.05, 0) is 12.8 Å². The Labute approximate surface area is 145 Å². The van der Waals surface area contributed by atoms with Gasteiger partial charge >= 0.3 is 6.09 Å². The average Bonchev–Trinajstić information content (AvgIpc) is 3.09. The Morgan fingerprint density at radius 1 is 1.42 bits per heavy atom. The molecule has 24 heavy (non-hydrogen) atoms. The van der Waals surface area contributed by atoms with Crippen LogP contribution in [0.3, 0.4) is 0 Å². The van der Waals surface area contributed by atoms with E-state index >= 15 is 0 Å². The zero-order valence-corrected chi connectivity index (χ0v) is 14.3. The number of amides is 2. The Hall–Kier alpha value is -2.51. The van der Waals surface area contributed by atoms with Crippen LogP contribution in [-0.2, 0) is 4.74 Å². The molecule has 1 aliphatic rings. The fraction of sp³-hybridized carbons (Fsp3) is 0.471. The van der Waals surface area contributed by atoms with Crippen molar-refractivity contribution in [1.82, 2.24) is 14.8 Å². The van der Waals surface area contributed by atoms with Crippen LogP contribution in [-0.4, -0.2) is 60.1 Å². The van der Waals surface area contributed by atoms with Crippen molar-refractivity contribution >= 4 is 23.3 Å². The lowest BCUT2D eigenvalue weighted by atomic mass is 9.98. The number of likely N-dealkylation sites (tertiary alicyclic amines) is 1. The molecule has 126 valence electrons. The van der Waals surface area contributed by atoms with E-state index in [4.69, 9.17) is 17.6 Å². The summed E-state index contributed by atoms with van der Waals surface area (Å²) in [5.74, 6) is 4.78. The number of aromatic nitrogens is 1. The van der Waals surface area contributed by atoms with Crippen LogP contribution < -0.4 is 0 Å². The molecular weight excluding hydrogens is 326 g/mol. The molecule has 0 atom stereocenters. The largest absolute Gasteiger partial charge is 0.436 e. The maximum atomic E-state index is 12.2. The molecule has 0 aliphatic carbocycles. The van der Waals surface area contributed by atoms with Gasteiger partial charge in [0.25, 0.3) is 5.91 Å². The molecule has 1 aromatic heterocycles. The highest BCUT2D eigenvalue weighted by Crippen LogP contribution is 2.30. The second kappa shape index (κ2) is 8.37. The predicted molar refractivity (Wildman–Crippen MR) is 91.6 cm³/mol. The van der Waals surface area contributed by atoms with E-state index in [1.807, 2.05) is 0 Å². The number of piperidine rings is 1. The molecule has 0 aromatic carbocycles. The molecule has 0 spiro atoms. The van der Waals surface area contributed by atoms with Crippen molar-refractivity contribution in [2.75, 3.05) is 33.3 Å². The highest BCUT2D eigenvalue weighted by Gasteiger charge is 2.27. The van der Waals surface area contributed by atoms with Crippen molar-refractivity contribution in [2.45, 2.75) is 18.8 Å². The number of hydrogen-bond acceptors (Lipinski definition) is 5. The SMILES string of the molecule is C#CCOC(=O)N1CCC(c2nc(C(=O)N(C)CC#C)cs2)CC1. The first kappa shape index (κ1) is 17.8. The Kier molecular flexibility index (Phi) is 6.22. The lowest BCUT2D eigenvalue weighted by Crippen LogP contribution is -2.38. The minimum absolute atomic E-state index is 0.0120. The van der Waals surface area contributed by atoms with Gasteiger partial charge in [0, 0.05) is 31.4 Å². The van der Waals surface area contributed by atoms with E-state index in [1.54, 1.807) is 17.3 Å². The monoisotopic (exact) mass is 345 g/mol. The zero-order chi connectivity index (χ0) is 17.5. The summed E-state index contributed by atoms with van der Waals surface area (Å²) in [5, 5.41) is 2.68. The summed E-state index contributed by atoms with van der Waals surface area (Å²) in [6.07, 6.45) is 11.5. The van der Waals surface area contributed by atoms with E-state index in [9.17, 15) is 9.59 Å². The molecule has 7 heteroatoms. The first-order chi connectivity index (χ1) is 11.6. The van der Waals surface area contributed by atoms with Crippen LogP contribution in [0.4, 0.5) is 4.79 Å². The third kappa shape index (κ3) is 4.27. The number of rotatable bonds is 4. The molecule has 0 unspecified atom stereocenters. The van der Waals surface area contributed by atoms with E-state index in [1.165, 1.54) is 16.2 Å². The van der Waals surface area contributed by atoms with E-state index in [-0.39, 0.29) is 31.1 Å². The van der Waals surface area contributed by atoms with Crippen molar-refractivity contribution in [1.29, 1.82) is 0 Å². The van der Waals surface area contributed by atoms with Gasteiger partial charge in [0.1, 0.15) is 5.69 Å². The number of thiazole rings is 1. The Bertz CT molecular complexity index is 678. The van der Waals surface area contributed by atoms with Gasteiger partial charge in [-0.1, -0.05) is 11.8 Å². The number of terminal acetylenes is 2. The van der Waals surface area contributed by atoms with Gasteiger partial charge in [-0.3, -0.25) is 4.79 Å². The van der Waals surface area contributed by atoms with Crippen LogP contribution in [0.15, 0.2) is 5.38 Å². The second-order valence-corrected chi connectivity index (χ2v) is 6.35. The average molecular weight is 345 g/mol. The molecule has 1 aliphatic heterocycles. The maximum Gasteiger partial charge on any atom is 0.410 e. The van der Waals surface area contributed by atoms with Crippen molar-refractivity contribution in [2.24, 2.45) is 0 Å². The van der Waals surface area contributed by atoms with Gasteiger partial charge in [-0.2, -0.15) is 0 Å². The quantitative estimate of drug-likeness (QED) is 0.781. The van der Waals surface area contributed by atoms with Gasteiger partial charge in [0.15, 0.2) is 6.61 Å². The topological polar surface area (TPSA) is 62.7 Å². The molecule has 0 bridgehead atoms. The number of carbonyl (C=O) groups is 2. The van der Waals surface area contributed by atoms with E-state index in [0.717, 1.165) is 17.8 Å². The summed E-state index contributed by atoms with van der Waals surface area (Å²) < 4.78 is 4.93. The number of hydrogen-bond donors (Lipinski definition) is 0. The standard InChI is InChI=1S/C17H19N3O3S/c1-4-8-19(3)16(21)14-12-24-15(18-14)13-6-9-20(10-7-13)17(22)23-11-5-2/h1-2,12-13H,6-11H2,3H3. The summed E-state index contributed by atoms with van der Waals surface area (Å²) in [7, 11) is 1.65. The van der Waals surface area contributed by atoms with E-state index < -0.39 is 0 Å². The molecule has 1 saturated heterocycles. The van der Waals surface area contributed by atoms with Crippen molar-refractivity contribution in [3.63, 3.8) is 0 Å². The lowest BCUT2D eigenvalue weighted by molar-refractivity contribution is 0.0807. The van der Waals surface area contributed by atoms with Crippen LogP contribution in [0.5, 0.6) is 0 Å². The molecule has 2 rings (SSSR count). The van der Waals surface area contributed by atoms with Crippen LogP contribution in [0.2, 0.25) is 0 Å². The molecule has 0 radical (unpaired) electrons. The summed E-state index contributed by atoms with van der Waals surface area (Å²) in [6.45, 7) is 1.42. The predicted octanol–water partition coefficient (Wildman–Crippen LogP) is 1.80. The highest BCUT2D eigenvalue weighted by atomic mass is 32.1. The van der Waals surface area contributed by atoms with Gasteiger partial charge in [0.05, 0.1) is 11.6 Å². The van der Waals surface area contributed by atoms with Crippen LogP contribution in [0.1, 0.15) is 34.3 Å². The van der Waals surface area contributed by atoms with Gasteiger partial charge in [0.2, 0.25) is 0 Å². The highest BCUT2D eigenvalue weighted by molar-refractivity contribution is 7.09. The lowest BCUT2D eigenvalue weighted by Gasteiger charge is -2.30.